The molecule has 0 aromatic heterocycles. The van der Waals surface area contributed by atoms with Crippen LogP contribution < -0.4 is 5.32 Å². The van der Waals surface area contributed by atoms with Crippen molar-refractivity contribution in [2.24, 2.45) is 11.3 Å². The third kappa shape index (κ3) is 3.53. The van der Waals surface area contributed by atoms with Crippen molar-refractivity contribution >= 4 is 11.9 Å². The van der Waals surface area contributed by atoms with Gasteiger partial charge in [0.15, 0.2) is 0 Å². The lowest BCUT2D eigenvalue weighted by Crippen LogP contribution is -2.52. The zero-order valence-electron chi connectivity index (χ0n) is 12.5. The van der Waals surface area contributed by atoms with Gasteiger partial charge in [-0.15, -0.1) is 0 Å². The maximum absolute atomic E-state index is 12.2. The summed E-state index contributed by atoms with van der Waals surface area (Å²) in [6, 6.07) is -0.204. The number of hydrogen-bond donors (Lipinski definition) is 2. The summed E-state index contributed by atoms with van der Waals surface area (Å²) in [4.78, 5) is 23.7. The van der Waals surface area contributed by atoms with Crippen molar-refractivity contribution in [3.05, 3.63) is 0 Å². The summed E-state index contributed by atoms with van der Waals surface area (Å²) in [5.41, 5.74) is -0.791. The van der Waals surface area contributed by atoms with Crippen molar-refractivity contribution in [2.75, 3.05) is 0 Å². The predicted octanol–water partition coefficient (Wildman–Crippen LogP) is 3.11. The van der Waals surface area contributed by atoms with Gasteiger partial charge >= 0.3 is 5.97 Å². The first-order valence-electron chi connectivity index (χ1n) is 8.05. The molecule has 0 spiro atoms. The van der Waals surface area contributed by atoms with E-state index < -0.39 is 11.4 Å². The number of carbonyl (C=O) groups is 2. The van der Waals surface area contributed by atoms with Gasteiger partial charge in [0, 0.05) is 12.5 Å². The highest BCUT2D eigenvalue weighted by molar-refractivity contribution is 5.80. The van der Waals surface area contributed by atoms with Crippen LogP contribution in [0.4, 0.5) is 0 Å². The molecular weight excluding hydrogens is 254 g/mol. The number of amides is 1. The van der Waals surface area contributed by atoms with E-state index in [1.165, 1.54) is 19.3 Å². The van der Waals surface area contributed by atoms with Gasteiger partial charge < -0.3 is 10.4 Å². The Kier molecular flexibility index (Phi) is 5.06. The summed E-state index contributed by atoms with van der Waals surface area (Å²) in [5.74, 6) is -0.222. The van der Waals surface area contributed by atoms with Gasteiger partial charge in [-0.25, -0.2) is 0 Å². The van der Waals surface area contributed by atoms with Crippen LogP contribution in [0.3, 0.4) is 0 Å². The molecule has 2 unspecified atom stereocenters. The lowest BCUT2D eigenvalue weighted by Gasteiger charge is -2.38. The first-order chi connectivity index (χ1) is 9.52. The van der Waals surface area contributed by atoms with E-state index in [0.717, 1.165) is 32.1 Å². The van der Waals surface area contributed by atoms with E-state index in [4.69, 9.17) is 0 Å². The summed E-state index contributed by atoms with van der Waals surface area (Å²) in [6.45, 7) is 1.78. The fourth-order valence-electron chi connectivity index (χ4n) is 3.73. The van der Waals surface area contributed by atoms with Gasteiger partial charge in [0.2, 0.25) is 5.91 Å². The smallest absolute Gasteiger partial charge is 0.311 e. The zero-order chi connectivity index (χ0) is 14.6. The SMILES string of the molecule is CC1(C(=O)O)CCCCC1NC(=O)CC1CCCCC1. The Morgan fingerprint density at radius 1 is 1.10 bits per heavy atom. The average molecular weight is 281 g/mol. The van der Waals surface area contributed by atoms with Crippen molar-refractivity contribution < 1.29 is 14.7 Å². The molecule has 20 heavy (non-hydrogen) atoms. The third-order valence-electron chi connectivity index (χ3n) is 5.23. The second-order valence-electron chi connectivity index (χ2n) is 6.80. The van der Waals surface area contributed by atoms with Gasteiger partial charge in [-0.3, -0.25) is 9.59 Å². The lowest BCUT2D eigenvalue weighted by atomic mass is 9.71. The van der Waals surface area contributed by atoms with Crippen molar-refractivity contribution in [3.63, 3.8) is 0 Å². The molecule has 0 aromatic carbocycles. The van der Waals surface area contributed by atoms with E-state index in [-0.39, 0.29) is 11.9 Å². The molecule has 2 fully saturated rings. The molecule has 4 nitrogen and oxygen atoms in total. The molecule has 2 atom stereocenters. The maximum Gasteiger partial charge on any atom is 0.311 e. The van der Waals surface area contributed by atoms with E-state index in [2.05, 4.69) is 5.32 Å². The van der Waals surface area contributed by atoms with Crippen molar-refractivity contribution in [1.82, 2.24) is 5.32 Å². The minimum atomic E-state index is -0.791. The van der Waals surface area contributed by atoms with Crippen molar-refractivity contribution in [3.8, 4) is 0 Å². The Morgan fingerprint density at radius 2 is 1.75 bits per heavy atom. The molecule has 0 aliphatic heterocycles. The summed E-state index contributed by atoms with van der Waals surface area (Å²) in [5, 5.41) is 12.5. The summed E-state index contributed by atoms with van der Waals surface area (Å²) >= 11 is 0. The molecule has 2 aliphatic rings. The highest BCUT2D eigenvalue weighted by Gasteiger charge is 2.43. The molecule has 0 radical (unpaired) electrons. The number of carboxylic acids is 1. The van der Waals surface area contributed by atoms with Crippen LogP contribution in [0.5, 0.6) is 0 Å². The lowest BCUT2D eigenvalue weighted by molar-refractivity contribution is -0.152. The Hall–Kier alpha value is -1.06. The van der Waals surface area contributed by atoms with Gasteiger partial charge in [-0.05, 0) is 38.5 Å². The van der Waals surface area contributed by atoms with E-state index >= 15 is 0 Å². The van der Waals surface area contributed by atoms with E-state index in [9.17, 15) is 14.7 Å². The summed E-state index contributed by atoms with van der Waals surface area (Å²) in [7, 11) is 0. The van der Waals surface area contributed by atoms with Crippen LogP contribution in [0, 0.1) is 11.3 Å². The molecular formula is C16H27NO3. The number of hydrogen-bond acceptors (Lipinski definition) is 2. The minimum absolute atomic E-state index is 0.0521. The highest BCUT2D eigenvalue weighted by Crippen LogP contribution is 2.36. The first kappa shape index (κ1) is 15.3. The monoisotopic (exact) mass is 281 g/mol. The van der Waals surface area contributed by atoms with Gasteiger partial charge in [-0.1, -0.05) is 32.1 Å². The third-order valence-corrected chi connectivity index (χ3v) is 5.23. The molecule has 0 bridgehead atoms. The van der Waals surface area contributed by atoms with Crippen LogP contribution in [0.1, 0.15) is 71.1 Å². The number of carbonyl (C=O) groups excluding carboxylic acids is 1. The largest absolute Gasteiger partial charge is 0.481 e. The molecule has 0 aromatic rings. The van der Waals surface area contributed by atoms with Crippen LogP contribution in [-0.4, -0.2) is 23.0 Å². The van der Waals surface area contributed by atoms with E-state index in [1.54, 1.807) is 6.92 Å². The topological polar surface area (TPSA) is 66.4 Å². The van der Waals surface area contributed by atoms with Gasteiger partial charge in [0.25, 0.3) is 0 Å². The van der Waals surface area contributed by atoms with Crippen LogP contribution in [0.15, 0.2) is 0 Å². The molecule has 2 N–H and O–H groups in total. The molecule has 114 valence electrons. The Balaban J connectivity index is 1.89. The molecule has 2 aliphatic carbocycles. The number of aliphatic carboxylic acids is 1. The van der Waals surface area contributed by atoms with Crippen molar-refractivity contribution in [1.29, 1.82) is 0 Å². The summed E-state index contributed by atoms with van der Waals surface area (Å²) in [6.07, 6.45) is 10.0. The van der Waals surface area contributed by atoms with Crippen LogP contribution >= 0.6 is 0 Å². The number of carboxylic acid groups (broad SMARTS) is 1. The normalized spacial score (nSPS) is 31.8. The van der Waals surface area contributed by atoms with Crippen molar-refractivity contribution in [2.45, 2.75) is 77.2 Å². The Labute approximate surface area is 121 Å². The number of rotatable bonds is 4. The van der Waals surface area contributed by atoms with E-state index in [0.29, 0.717) is 18.8 Å². The molecule has 4 heteroatoms. The number of nitrogens with one attached hydrogen (secondary N) is 1. The van der Waals surface area contributed by atoms with Gasteiger partial charge in [0.05, 0.1) is 5.41 Å². The molecule has 2 saturated carbocycles. The summed E-state index contributed by atoms with van der Waals surface area (Å²) < 4.78 is 0. The molecule has 0 saturated heterocycles. The molecule has 2 rings (SSSR count). The quantitative estimate of drug-likeness (QED) is 0.832. The zero-order valence-corrected chi connectivity index (χ0v) is 12.5. The standard InChI is InChI=1S/C16H27NO3/c1-16(15(19)20)10-6-5-9-13(16)17-14(18)11-12-7-3-2-4-8-12/h12-13H,2-11H2,1H3,(H,17,18)(H,19,20). The first-order valence-corrected chi connectivity index (χ1v) is 8.05. The maximum atomic E-state index is 12.2. The molecule has 0 heterocycles. The second kappa shape index (κ2) is 6.59. The Bertz CT molecular complexity index is 363. The van der Waals surface area contributed by atoms with Crippen LogP contribution in [0.25, 0.3) is 0 Å². The average Bonchev–Trinajstić information content (AvgIpc) is 2.42. The Morgan fingerprint density at radius 3 is 2.40 bits per heavy atom. The fraction of sp³-hybridized carbons (Fsp3) is 0.875. The van der Waals surface area contributed by atoms with Crippen LogP contribution in [0.2, 0.25) is 0 Å². The predicted molar refractivity (Wildman–Crippen MR) is 77.3 cm³/mol. The minimum Gasteiger partial charge on any atom is -0.481 e. The fourth-order valence-corrected chi connectivity index (χ4v) is 3.73. The van der Waals surface area contributed by atoms with Crippen LogP contribution in [-0.2, 0) is 9.59 Å². The second-order valence-corrected chi connectivity index (χ2v) is 6.80. The molecule has 1 amide bonds. The van der Waals surface area contributed by atoms with Gasteiger partial charge in [-0.2, -0.15) is 0 Å². The highest BCUT2D eigenvalue weighted by atomic mass is 16.4. The van der Waals surface area contributed by atoms with E-state index in [1.807, 2.05) is 0 Å². The van der Waals surface area contributed by atoms with Gasteiger partial charge in [0.1, 0.15) is 0 Å².